The maximum Gasteiger partial charge on any atom is 0.406 e. The zero-order valence-electron chi connectivity index (χ0n) is 13.3. The summed E-state index contributed by atoms with van der Waals surface area (Å²) in [6.07, 6.45) is -3.62. The number of rotatable bonds is 5. The highest BCUT2D eigenvalue weighted by atomic mass is 19.4. The number of aryl methyl sites for hydroxylation is 1. The van der Waals surface area contributed by atoms with Gasteiger partial charge in [-0.1, -0.05) is 29.8 Å². The minimum Gasteiger partial charge on any atom is -0.338 e. The van der Waals surface area contributed by atoms with Crippen molar-refractivity contribution in [1.29, 1.82) is 0 Å². The normalized spacial score (nSPS) is 17.9. The first-order chi connectivity index (χ1) is 11.2. The van der Waals surface area contributed by atoms with Gasteiger partial charge in [0.25, 0.3) is 0 Å². The summed E-state index contributed by atoms with van der Waals surface area (Å²) >= 11 is 0. The number of nitrogens with zero attached hydrogens (tertiary/aromatic N) is 1. The smallest absolute Gasteiger partial charge is 0.338 e. The van der Waals surface area contributed by atoms with Crippen molar-refractivity contribution < 1.29 is 22.8 Å². The zero-order chi connectivity index (χ0) is 17.7. The lowest BCUT2D eigenvalue weighted by atomic mass is 10.1. The van der Waals surface area contributed by atoms with E-state index in [0.29, 0.717) is 13.0 Å². The molecule has 2 N–H and O–H groups in total. The fourth-order valence-electron chi connectivity index (χ4n) is 2.53. The Labute approximate surface area is 138 Å². The molecule has 132 valence electrons. The van der Waals surface area contributed by atoms with E-state index in [1.54, 1.807) is 0 Å². The van der Waals surface area contributed by atoms with Crippen molar-refractivity contribution in [3.63, 3.8) is 0 Å². The maximum atomic E-state index is 12.3. The summed E-state index contributed by atoms with van der Waals surface area (Å²) < 4.78 is 37.0. The average molecular weight is 343 g/mol. The summed E-state index contributed by atoms with van der Waals surface area (Å²) in [5.74, 6) is -0.694. The van der Waals surface area contributed by atoms with E-state index < -0.39 is 30.7 Å². The first kappa shape index (κ1) is 18.1. The predicted molar refractivity (Wildman–Crippen MR) is 82.5 cm³/mol. The Morgan fingerprint density at radius 1 is 1.29 bits per heavy atom. The lowest BCUT2D eigenvalue weighted by Crippen LogP contribution is -2.47. The number of nitrogens with one attached hydrogen (secondary N) is 2. The molecule has 0 aliphatic carbocycles. The van der Waals surface area contributed by atoms with E-state index in [1.165, 1.54) is 0 Å². The third kappa shape index (κ3) is 5.43. The van der Waals surface area contributed by atoms with Gasteiger partial charge in [-0.25, -0.2) is 4.79 Å². The van der Waals surface area contributed by atoms with Gasteiger partial charge in [-0.15, -0.1) is 0 Å². The van der Waals surface area contributed by atoms with Crippen LogP contribution < -0.4 is 10.6 Å². The molecule has 3 amide bonds. The maximum absolute atomic E-state index is 12.3. The van der Waals surface area contributed by atoms with Gasteiger partial charge in [0.15, 0.2) is 0 Å². The lowest BCUT2D eigenvalue weighted by Gasteiger charge is -2.18. The number of hydrogen-bond acceptors (Lipinski definition) is 2. The number of carbonyl (C=O) groups is 2. The number of urea groups is 1. The third-order valence-corrected chi connectivity index (χ3v) is 3.79. The van der Waals surface area contributed by atoms with Crippen molar-refractivity contribution in [3.8, 4) is 0 Å². The van der Waals surface area contributed by atoms with E-state index in [-0.39, 0.29) is 13.0 Å². The molecule has 5 nitrogen and oxygen atoms in total. The minimum absolute atomic E-state index is 0.00729. The first-order valence-corrected chi connectivity index (χ1v) is 7.70. The lowest BCUT2D eigenvalue weighted by molar-refractivity contribution is -0.157. The van der Waals surface area contributed by atoms with E-state index in [4.69, 9.17) is 0 Å². The molecule has 1 aliphatic heterocycles. The zero-order valence-corrected chi connectivity index (χ0v) is 13.3. The number of hydrogen-bond donors (Lipinski definition) is 2. The highest BCUT2D eigenvalue weighted by molar-refractivity contribution is 5.88. The van der Waals surface area contributed by atoms with Gasteiger partial charge in [0.2, 0.25) is 5.91 Å². The molecule has 0 radical (unpaired) electrons. The molecule has 1 aliphatic rings. The molecule has 2 rings (SSSR count). The van der Waals surface area contributed by atoms with Crippen LogP contribution in [-0.4, -0.2) is 48.7 Å². The number of likely N-dealkylation sites (tertiary alicyclic amines) is 1. The van der Waals surface area contributed by atoms with Crippen molar-refractivity contribution in [2.45, 2.75) is 32.0 Å². The molecule has 1 fully saturated rings. The molecule has 8 heteroatoms. The van der Waals surface area contributed by atoms with E-state index in [2.05, 4.69) is 10.6 Å². The Hall–Kier alpha value is -2.25. The number of amides is 3. The van der Waals surface area contributed by atoms with Crippen LogP contribution in [0.5, 0.6) is 0 Å². The molecular formula is C16H20F3N3O2. The van der Waals surface area contributed by atoms with Gasteiger partial charge < -0.3 is 15.5 Å². The molecule has 0 spiro atoms. The monoisotopic (exact) mass is 343 g/mol. The van der Waals surface area contributed by atoms with Crippen molar-refractivity contribution in [1.82, 2.24) is 15.5 Å². The quantitative estimate of drug-likeness (QED) is 0.859. The summed E-state index contributed by atoms with van der Waals surface area (Å²) in [7, 11) is 0. The van der Waals surface area contributed by atoms with Crippen molar-refractivity contribution in [2.24, 2.45) is 0 Å². The van der Waals surface area contributed by atoms with Crippen LogP contribution in [0, 0.1) is 6.92 Å². The van der Waals surface area contributed by atoms with Gasteiger partial charge in [-0.3, -0.25) is 4.79 Å². The Morgan fingerprint density at radius 2 is 1.96 bits per heavy atom. The van der Waals surface area contributed by atoms with Crippen LogP contribution in [-0.2, 0) is 11.2 Å². The highest BCUT2D eigenvalue weighted by Crippen LogP contribution is 2.20. The molecule has 24 heavy (non-hydrogen) atoms. The van der Waals surface area contributed by atoms with Crippen LogP contribution in [0.15, 0.2) is 24.3 Å². The Morgan fingerprint density at radius 3 is 2.58 bits per heavy atom. The average Bonchev–Trinajstić information content (AvgIpc) is 2.80. The molecule has 0 saturated carbocycles. The topological polar surface area (TPSA) is 61.4 Å². The van der Waals surface area contributed by atoms with Crippen molar-refractivity contribution in [3.05, 3.63) is 35.4 Å². The Bertz CT molecular complexity index is 587. The number of alkyl halides is 3. The van der Waals surface area contributed by atoms with Gasteiger partial charge in [0.1, 0.15) is 12.6 Å². The molecular weight excluding hydrogens is 323 g/mol. The van der Waals surface area contributed by atoms with Crippen LogP contribution in [0.3, 0.4) is 0 Å². The van der Waals surface area contributed by atoms with Gasteiger partial charge in [-0.05, 0) is 25.3 Å². The fourth-order valence-corrected chi connectivity index (χ4v) is 2.53. The molecule has 1 aromatic rings. The highest BCUT2D eigenvalue weighted by Gasteiger charge is 2.39. The molecule has 1 heterocycles. The number of benzene rings is 1. The van der Waals surface area contributed by atoms with E-state index in [1.807, 2.05) is 31.2 Å². The van der Waals surface area contributed by atoms with Crippen molar-refractivity contribution >= 4 is 11.9 Å². The second-order valence-electron chi connectivity index (χ2n) is 5.85. The van der Waals surface area contributed by atoms with Gasteiger partial charge >= 0.3 is 12.2 Å². The molecule has 0 bridgehead atoms. The summed E-state index contributed by atoms with van der Waals surface area (Å²) in [6.45, 7) is 1.07. The Kier molecular flexibility index (Phi) is 5.69. The molecule has 1 aromatic carbocycles. The predicted octanol–water partition coefficient (Wildman–Crippen LogP) is 2.00. The summed E-state index contributed by atoms with van der Waals surface area (Å²) in [5, 5.41) is 5.04. The van der Waals surface area contributed by atoms with Crippen molar-refractivity contribution in [2.75, 3.05) is 19.6 Å². The molecule has 1 atom stereocenters. The fraction of sp³-hybridized carbons (Fsp3) is 0.500. The van der Waals surface area contributed by atoms with E-state index >= 15 is 0 Å². The Balaban J connectivity index is 1.72. The van der Waals surface area contributed by atoms with E-state index in [9.17, 15) is 22.8 Å². The molecule has 0 aromatic heterocycles. The minimum atomic E-state index is -4.43. The second-order valence-corrected chi connectivity index (χ2v) is 5.85. The number of carbonyl (C=O) groups excluding carboxylic acids is 2. The SMILES string of the molecule is Cc1ccc(CCNC(=O)N[C@H]2CCN(CC(F)(F)F)C2=O)cc1. The first-order valence-electron chi connectivity index (χ1n) is 7.70. The number of halogens is 3. The largest absolute Gasteiger partial charge is 0.406 e. The molecule has 1 saturated heterocycles. The summed E-state index contributed by atoms with van der Waals surface area (Å²) in [5.41, 5.74) is 2.21. The van der Waals surface area contributed by atoms with Crippen LogP contribution >= 0.6 is 0 Å². The van der Waals surface area contributed by atoms with Gasteiger partial charge in [0.05, 0.1) is 0 Å². The standard InChI is InChI=1S/C16H20F3N3O2/c1-11-2-4-12(5-3-11)6-8-20-15(24)21-13-7-9-22(14(13)23)10-16(17,18)19/h2-5,13H,6-10H2,1H3,(H2,20,21,24)/t13-/m0/s1. The second kappa shape index (κ2) is 7.55. The van der Waals surface area contributed by atoms with Crippen LogP contribution in [0.4, 0.5) is 18.0 Å². The van der Waals surface area contributed by atoms with Crippen LogP contribution in [0.2, 0.25) is 0 Å². The summed E-state index contributed by atoms with van der Waals surface area (Å²) in [6, 6.07) is 6.43. The van der Waals surface area contributed by atoms with Crippen LogP contribution in [0.25, 0.3) is 0 Å². The van der Waals surface area contributed by atoms with Gasteiger partial charge in [0, 0.05) is 13.1 Å². The van der Waals surface area contributed by atoms with Crippen LogP contribution in [0.1, 0.15) is 17.5 Å². The van der Waals surface area contributed by atoms with E-state index in [0.717, 1.165) is 16.0 Å². The summed E-state index contributed by atoms with van der Waals surface area (Å²) in [4.78, 5) is 24.3. The van der Waals surface area contributed by atoms with Gasteiger partial charge in [-0.2, -0.15) is 13.2 Å². The third-order valence-electron chi connectivity index (χ3n) is 3.79. The molecule has 0 unspecified atom stereocenters.